The van der Waals surface area contributed by atoms with Gasteiger partial charge in [-0.1, -0.05) is 198 Å². The molecule has 0 radical (unpaired) electrons. The normalized spacial score (nSPS) is 14.3. The van der Waals surface area contributed by atoms with Crippen LogP contribution in [0.2, 0.25) is 0 Å². The molecule has 0 spiro atoms. The minimum absolute atomic E-state index is 0.0327. The van der Waals surface area contributed by atoms with Crippen molar-refractivity contribution in [2.45, 2.75) is 38.5 Å². The molecular formula is C60H44. The van der Waals surface area contributed by atoms with Gasteiger partial charge in [-0.2, -0.15) is 0 Å². The summed E-state index contributed by atoms with van der Waals surface area (Å²) in [5.41, 5.74) is 21.0. The van der Waals surface area contributed by atoms with Gasteiger partial charge in [0.25, 0.3) is 0 Å². The second-order valence-corrected chi connectivity index (χ2v) is 18.0. The molecule has 0 fully saturated rings. The first-order chi connectivity index (χ1) is 29.3. The van der Waals surface area contributed by atoms with Crippen LogP contribution >= 0.6 is 0 Å². The molecule has 0 heteroatoms. The first-order valence-electron chi connectivity index (χ1n) is 21.3. The van der Waals surface area contributed by atoms with Crippen LogP contribution in [0.3, 0.4) is 0 Å². The maximum absolute atomic E-state index is 2.52. The Bertz CT molecular complexity index is 3400. The van der Waals surface area contributed by atoms with Gasteiger partial charge < -0.3 is 0 Å². The van der Waals surface area contributed by atoms with E-state index in [1.54, 1.807) is 0 Å². The van der Waals surface area contributed by atoms with Gasteiger partial charge in [-0.3, -0.25) is 0 Å². The average molecular weight is 765 g/mol. The summed E-state index contributed by atoms with van der Waals surface area (Å²) in [6, 6.07) is 73.0. The zero-order valence-electron chi connectivity index (χ0n) is 34.5. The molecule has 10 aromatic carbocycles. The molecule has 0 nitrogen and oxygen atoms in total. The van der Waals surface area contributed by atoms with E-state index in [-0.39, 0.29) is 10.8 Å². The van der Waals surface area contributed by atoms with Gasteiger partial charge in [-0.25, -0.2) is 0 Å². The molecular weight excluding hydrogens is 721 g/mol. The summed E-state index contributed by atoms with van der Waals surface area (Å²) in [6.45, 7) is 9.59. The van der Waals surface area contributed by atoms with Crippen LogP contribution in [0.15, 0.2) is 194 Å². The van der Waals surface area contributed by atoms with Gasteiger partial charge >= 0.3 is 0 Å². The highest BCUT2D eigenvalue weighted by molar-refractivity contribution is 6.28. The Morgan fingerprint density at radius 2 is 0.783 bits per heavy atom. The quantitative estimate of drug-likeness (QED) is 0.124. The van der Waals surface area contributed by atoms with E-state index in [0.29, 0.717) is 0 Å². The van der Waals surface area contributed by atoms with Gasteiger partial charge in [0.15, 0.2) is 0 Å². The number of hydrogen-bond acceptors (Lipinski definition) is 0. The molecule has 0 atom stereocenters. The lowest BCUT2D eigenvalue weighted by Gasteiger charge is -2.24. The molecule has 0 saturated heterocycles. The summed E-state index contributed by atoms with van der Waals surface area (Å²) in [5.74, 6) is 0. The predicted molar refractivity (Wildman–Crippen MR) is 256 cm³/mol. The van der Waals surface area contributed by atoms with Crippen molar-refractivity contribution in [3.8, 4) is 66.8 Å². The van der Waals surface area contributed by atoms with E-state index in [4.69, 9.17) is 0 Å². The zero-order chi connectivity index (χ0) is 40.3. The van der Waals surface area contributed by atoms with Crippen molar-refractivity contribution in [2.24, 2.45) is 0 Å². The van der Waals surface area contributed by atoms with Crippen LogP contribution in [0.1, 0.15) is 49.9 Å². The Kier molecular flexibility index (Phi) is 7.42. The van der Waals surface area contributed by atoms with Crippen molar-refractivity contribution in [1.29, 1.82) is 0 Å². The van der Waals surface area contributed by atoms with Crippen molar-refractivity contribution in [3.05, 3.63) is 216 Å². The zero-order valence-corrected chi connectivity index (χ0v) is 34.5. The van der Waals surface area contributed by atoms with Gasteiger partial charge in [-0.15, -0.1) is 0 Å². The molecule has 0 amide bonds. The van der Waals surface area contributed by atoms with E-state index in [1.165, 1.54) is 121 Å². The van der Waals surface area contributed by atoms with Crippen LogP contribution in [0.5, 0.6) is 0 Å². The Morgan fingerprint density at radius 1 is 0.267 bits per heavy atom. The first kappa shape index (κ1) is 35.0. The highest BCUT2D eigenvalue weighted by Crippen LogP contribution is 2.57. The molecule has 10 aromatic rings. The van der Waals surface area contributed by atoms with Crippen molar-refractivity contribution in [2.75, 3.05) is 0 Å². The molecule has 0 N–H and O–H groups in total. The fourth-order valence-corrected chi connectivity index (χ4v) is 11.0. The van der Waals surface area contributed by atoms with Crippen molar-refractivity contribution in [3.63, 3.8) is 0 Å². The van der Waals surface area contributed by atoms with Crippen LogP contribution < -0.4 is 0 Å². The fraction of sp³-hybridized carbons (Fsp3) is 0.100. The lowest BCUT2D eigenvalue weighted by molar-refractivity contribution is 0.652. The molecule has 284 valence electrons. The number of rotatable bonds is 4. The van der Waals surface area contributed by atoms with Gasteiger partial charge in [-0.05, 0) is 146 Å². The predicted octanol–water partition coefficient (Wildman–Crippen LogP) is 16.4. The summed E-state index contributed by atoms with van der Waals surface area (Å²) in [6.07, 6.45) is 0. The number of fused-ring (bicyclic) bond motifs is 10. The Morgan fingerprint density at radius 3 is 1.50 bits per heavy atom. The Hall–Kier alpha value is -7.02. The van der Waals surface area contributed by atoms with Crippen molar-refractivity contribution < 1.29 is 0 Å². The van der Waals surface area contributed by atoms with E-state index in [2.05, 4.69) is 222 Å². The van der Waals surface area contributed by atoms with E-state index < -0.39 is 0 Å². The summed E-state index contributed by atoms with van der Waals surface area (Å²) in [5, 5.41) is 7.63. The summed E-state index contributed by atoms with van der Waals surface area (Å²) in [7, 11) is 0. The minimum Gasteiger partial charge on any atom is -0.0622 e. The first-order valence-corrected chi connectivity index (χ1v) is 21.3. The number of hydrogen-bond donors (Lipinski definition) is 0. The molecule has 0 aliphatic heterocycles. The van der Waals surface area contributed by atoms with E-state index in [0.717, 1.165) is 0 Å². The second kappa shape index (κ2) is 12.7. The fourth-order valence-electron chi connectivity index (χ4n) is 11.0. The lowest BCUT2D eigenvalue weighted by Crippen LogP contribution is -2.17. The van der Waals surface area contributed by atoms with E-state index in [9.17, 15) is 0 Å². The molecule has 0 aromatic heterocycles. The maximum atomic E-state index is 2.52. The Balaban J connectivity index is 1.07. The van der Waals surface area contributed by atoms with Gasteiger partial charge in [0.05, 0.1) is 0 Å². The summed E-state index contributed by atoms with van der Waals surface area (Å²) < 4.78 is 0. The molecule has 2 aliphatic rings. The minimum atomic E-state index is -0.138. The van der Waals surface area contributed by atoms with Crippen molar-refractivity contribution >= 4 is 32.3 Å². The molecule has 0 unspecified atom stereocenters. The van der Waals surface area contributed by atoms with Crippen LogP contribution in [0.4, 0.5) is 0 Å². The molecule has 0 saturated carbocycles. The van der Waals surface area contributed by atoms with E-state index in [1.807, 2.05) is 0 Å². The SMILES string of the molecule is CC1(C)c2ccccc2-c2cc3c(cc21)-c1ccc(-c2ccc(-c4c5ccccc5c(-c5ccccc5)c5c4ccc4ccccc45)c(-c4ccccc4)c2)cc1C3(C)C. The maximum Gasteiger partial charge on any atom is 0.0159 e. The van der Waals surface area contributed by atoms with Gasteiger partial charge in [0.2, 0.25) is 0 Å². The highest BCUT2D eigenvalue weighted by Gasteiger charge is 2.41. The van der Waals surface area contributed by atoms with Crippen LogP contribution in [-0.4, -0.2) is 0 Å². The summed E-state index contributed by atoms with van der Waals surface area (Å²) in [4.78, 5) is 0. The van der Waals surface area contributed by atoms with Crippen LogP contribution in [-0.2, 0) is 10.8 Å². The third-order valence-electron chi connectivity index (χ3n) is 14.1. The molecule has 60 heavy (non-hydrogen) atoms. The monoisotopic (exact) mass is 764 g/mol. The van der Waals surface area contributed by atoms with Crippen molar-refractivity contribution in [1.82, 2.24) is 0 Å². The van der Waals surface area contributed by atoms with Crippen LogP contribution in [0, 0.1) is 0 Å². The molecule has 0 heterocycles. The second-order valence-electron chi connectivity index (χ2n) is 18.0. The van der Waals surface area contributed by atoms with Gasteiger partial charge in [0.1, 0.15) is 0 Å². The third kappa shape index (κ3) is 4.91. The van der Waals surface area contributed by atoms with Gasteiger partial charge in [0, 0.05) is 10.8 Å². The molecule has 2 aliphatic carbocycles. The lowest BCUT2D eigenvalue weighted by atomic mass is 9.79. The number of benzene rings is 10. The Labute approximate surface area is 352 Å². The largest absolute Gasteiger partial charge is 0.0622 e. The topological polar surface area (TPSA) is 0 Å². The van der Waals surface area contributed by atoms with E-state index >= 15 is 0 Å². The highest BCUT2D eigenvalue weighted by atomic mass is 14.4. The summed E-state index contributed by atoms with van der Waals surface area (Å²) >= 11 is 0. The standard InChI is InChI=1S/C60H44/c1-59(2)52-26-16-15-23-43(52)50-35-55-51(36-54(50)59)44-30-28-41(34-53(44)60(55,3)4)40-29-31-47(49(33-40)37-17-7-5-8-18-37)57-46-25-14-13-24-45(46)56(39-20-9-6-10-21-39)58-42-22-12-11-19-38(42)27-32-48(57)58/h5-36H,1-4H3. The third-order valence-corrected chi connectivity index (χ3v) is 14.1. The molecule has 0 bridgehead atoms. The van der Waals surface area contributed by atoms with Crippen LogP contribution in [0.25, 0.3) is 99.1 Å². The smallest absolute Gasteiger partial charge is 0.0159 e. The average Bonchev–Trinajstić information content (AvgIpc) is 3.66. The molecule has 12 rings (SSSR count).